The van der Waals surface area contributed by atoms with Gasteiger partial charge in [-0.05, 0) is 56.0 Å². The molecule has 0 bridgehead atoms. The van der Waals surface area contributed by atoms with Crippen LogP contribution >= 0.6 is 0 Å². The number of hydrogen-bond donors (Lipinski definition) is 2. The van der Waals surface area contributed by atoms with Crippen LogP contribution in [0.1, 0.15) is 76.0 Å². The van der Waals surface area contributed by atoms with Crippen molar-refractivity contribution in [3.05, 3.63) is 29.3 Å². The maximum Gasteiger partial charge on any atom is 0.122 e. The van der Waals surface area contributed by atoms with Crippen LogP contribution in [0, 0.1) is 0 Å². The van der Waals surface area contributed by atoms with Gasteiger partial charge in [-0.25, -0.2) is 0 Å². The predicted molar refractivity (Wildman–Crippen MR) is 96.1 cm³/mol. The van der Waals surface area contributed by atoms with Crippen LogP contribution in [0.5, 0.6) is 5.75 Å². The van der Waals surface area contributed by atoms with E-state index in [9.17, 15) is 5.11 Å². The quantitative estimate of drug-likeness (QED) is 0.629. The van der Waals surface area contributed by atoms with Gasteiger partial charge in [0.05, 0.1) is 12.7 Å². The van der Waals surface area contributed by atoms with Crippen LogP contribution < -0.4 is 10.1 Å². The smallest absolute Gasteiger partial charge is 0.122 e. The van der Waals surface area contributed by atoms with Gasteiger partial charge in [0.2, 0.25) is 0 Å². The summed E-state index contributed by atoms with van der Waals surface area (Å²) in [7, 11) is 0. The summed E-state index contributed by atoms with van der Waals surface area (Å²) < 4.78 is 5.64. The van der Waals surface area contributed by atoms with Crippen LogP contribution in [0.2, 0.25) is 0 Å². The standard InChI is InChI=1S/C20H33NO2/c1-3-4-5-6-7-8-13-21-16(2)20(22)18-11-12-19-17(15-18)10-9-14-23-19/h11-12,15-16,20-22H,3-10,13-14H2,1-2H3/t16-,20-/m0/s1. The highest BCUT2D eigenvalue weighted by Gasteiger charge is 2.18. The molecule has 23 heavy (non-hydrogen) atoms. The molecule has 2 rings (SSSR count). The first-order chi connectivity index (χ1) is 11.2. The number of nitrogens with one attached hydrogen (secondary N) is 1. The molecule has 0 amide bonds. The van der Waals surface area contributed by atoms with Crippen molar-refractivity contribution in [2.75, 3.05) is 13.2 Å². The molecular weight excluding hydrogens is 286 g/mol. The van der Waals surface area contributed by atoms with Gasteiger partial charge < -0.3 is 15.2 Å². The zero-order valence-electron chi connectivity index (χ0n) is 14.8. The molecule has 0 saturated heterocycles. The summed E-state index contributed by atoms with van der Waals surface area (Å²) >= 11 is 0. The van der Waals surface area contributed by atoms with Gasteiger partial charge >= 0.3 is 0 Å². The van der Waals surface area contributed by atoms with E-state index in [-0.39, 0.29) is 6.04 Å². The second-order valence-corrected chi connectivity index (χ2v) is 6.77. The third-order valence-corrected chi connectivity index (χ3v) is 4.74. The van der Waals surface area contributed by atoms with E-state index < -0.39 is 6.10 Å². The van der Waals surface area contributed by atoms with Gasteiger partial charge in [-0.3, -0.25) is 0 Å². The summed E-state index contributed by atoms with van der Waals surface area (Å²) in [6.45, 7) is 6.11. The van der Waals surface area contributed by atoms with Gasteiger partial charge in [-0.1, -0.05) is 45.1 Å². The van der Waals surface area contributed by atoms with Gasteiger partial charge in [-0.15, -0.1) is 0 Å². The van der Waals surface area contributed by atoms with E-state index in [1.54, 1.807) is 0 Å². The van der Waals surface area contributed by atoms with Crippen LogP contribution in [-0.4, -0.2) is 24.3 Å². The number of hydrogen-bond acceptors (Lipinski definition) is 3. The Morgan fingerprint density at radius 1 is 1.17 bits per heavy atom. The summed E-state index contributed by atoms with van der Waals surface area (Å²) in [4.78, 5) is 0. The number of ether oxygens (including phenoxy) is 1. The Balaban J connectivity index is 1.73. The fourth-order valence-corrected chi connectivity index (χ4v) is 3.20. The van der Waals surface area contributed by atoms with Crippen molar-refractivity contribution in [3.8, 4) is 5.75 Å². The highest BCUT2D eigenvalue weighted by atomic mass is 16.5. The van der Waals surface area contributed by atoms with Gasteiger partial charge in [0.15, 0.2) is 0 Å². The molecule has 1 aliphatic heterocycles. The molecule has 1 aromatic rings. The minimum atomic E-state index is -0.456. The third-order valence-electron chi connectivity index (χ3n) is 4.74. The van der Waals surface area contributed by atoms with Gasteiger partial charge in [0, 0.05) is 6.04 Å². The summed E-state index contributed by atoms with van der Waals surface area (Å²) in [5.74, 6) is 0.986. The topological polar surface area (TPSA) is 41.5 Å². The van der Waals surface area contributed by atoms with Crippen LogP contribution in [0.3, 0.4) is 0 Å². The lowest BCUT2D eigenvalue weighted by Gasteiger charge is -2.23. The Bertz CT molecular complexity index is 461. The Kier molecular flexibility index (Phi) is 7.90. The number of aryl methyl sites for hydroxylation is 1. The first kappa shape index (κ1) is 18.3. The Hall–Kier alpha value is -1.06. The lowest BCUT2D eigenvalue weighted by atomic mass is 9.97. The highest BCUT2D eigenvalue weighted by molar-refractivity contribution is 5.39. The molecule has 2 N–H and O–H groups in total. The van der Waals surface area contributed by atoms with Gasteiger partial charge in [-0.2, -0.15) is 0 Å². The van der Waals surface area contributed by atoms with E-state index in [1.807, 2.05) is 12.1 Å². The minimum absolute atomic E-state index is 0.0770. The summed E-state index contributed by atoms with van der Waals surface area (Å²) in [5, 5.41) is 14.0. The van der Waals surface area contributed by atoms with E-state index in [4.69, 9.17) is 4.74 Å². The first-order valence-corrected chi connectivity index (χ1v) is 9.39. The van der Waals surface area contributed by atoms with E-state index in [1.165, 1.54) is 44.1 Å². The Morgan fingerprint density at radius 2 is 1.96 bits per heavy atom. The fraction of sp³-hybridized carbons (Fsp3) is 0.700. The van der Waals surface area contributed by atoms with E-state index in [2.05, 4.69) is 25.2 Å². The molecule has 0 radical (unpaired) electrons. The number of fused-ring (bicyclic) bond motifs is 1. The van der Waals surface area contributed by atoms with Crippen LogP contribution in [-0.2, 0) is 6.42 Å². The number of aliphatic hydroxyl groups is 1. The summed E-state index contributed by atoms with van der Waals surface area (Å²) in [6.07, 6.45) is 9.47. The van der Waals surface area contributed by atoms with Gasteiger partial charge in [0.25, 0.3) is 0 Å². The van der Waals surface area contributed by atoms with Crippen molar-refractivity contribution in [3.63, 3.8) is 0 Å². The SMILES string of the molecule is CCCCCCCCN[C@@H](C)[C@H](O)c1ccc2c(c1)CCCO2. The molecule has 0 aromatic heterocycles. The van der Waals surface area contributed by atoms with Crippen LogP contribution in [0.25, 0.3) is 0 Å². The fourth-order valence-electron chi connectivity index (χ4n) is 3.20. The number of rotatable bonds is 10. The van der Waals surface area contributed by atoms with Crippen LogP contribution in [0.4, 0.5) is 0 Å². The molecule has 0 unspecified atom stereocenters. The normalized spacial score (nSPS) is 16.5. The minimum Gasteiger partial charge on any atom is -0.493 e. The van der Waals surface area contributed by atoms with Crippen molar-refractivity contribution in [2.45, 2.75) is 77.4 Å². The largest absolute Gasteiger partial charge is 0.493 e. The van der Waals surface area contributed by atoms with E-state index in [0.717, 1.165) is 37.3 Å². The number of unbranched alkanes of at least 4 members (excludes halogenated alkanes) is 5. The molecule has 0 spiro atoms. The first-order valence-electron chi connectivity index (χ1n) is 9.39. The zero-order chi connectivity index (χ0) is 16.5. The lowest BCUT2D eigenvalue weighted by Crippen LogP contribution is -2.33. The molecule has 3 heteroatoms. The second-order valence-electron chi connectivity index (χ2n) is 6.77. The van der Waals surface area contributed by atoms with Crippen molar-refractivity contribution >= 4 is 0 Å². The van der Waals surface area contributed by atoms with Gasteiger partial charge in [0.1, 0.15) is 5.75 Å². The number of benzene rings is 1. The number of aliphatic hydroxyl groups excluding tert-OH is 1. The van der Waals surface area contributed by atoms with Crippen molar-refractivity contribution < 1.29 is 9.84 Å². The molecule has 1 heterocycles. The monoisotopic (exact) mass is 319 g/mol. The average Bonchev–Trinajstić information content (AvgIpc) is 2.59. The lowest BCUT2D eigenvalue weighted by molar-refractivity contribution is 0.135. The maximum absolute atomic E-state index is 10.6. The van der Waals surface area contributed by atoms with Crippen LogP contribution in [0.15, 0.2) is 18.2 Å². The van der Waals surface area contributed by atoms with Crippen molar-refractivity contribution in [2.24, 2.45) is 0 Å². The highest BCUT2D eigenvalue weighted by Crippen LogP contribution is 2.28. The molecule has 0 aliphatic carbocycles. The molecule has 2 atom stereocenters. The molecule has 1 aliphatic rings. The third kappa shape index (κ3) is 5.82. The second kappa shape index (κ2) is 9.94. The summed E-state index contributed by atoms with van der Waals surface area (Å²) in [5.41, 5.74) is 2.23. The van der Waals surface area contributed by atoms with E-state index >= 15 is 0 Å². The maximum atomic E-state index is 10.6. The molecule has 0 fully saturated rings. The Morgan fingerprint density at radius 3 is 2.78 bits per heavy atom. The van der Waals surface area contributed by atoms with E-state index in [0.29, 0.717) is 0 Å². The molecule has 3 nitrogen and oxygen atoms in total. The molecule has 130 valence electrons. The zero-order valence-corrected chi connectivity index (χ0v) is 14.8. The van der Waals surface area contributed by atoms with Crippen molar-refractivity contribution in [1.82, 2.24) is 5.32 Å². The Labute approximate surface area is 141 Å². The average molecular weight is 319 g/mol. The summed E-state index contributed by atoms with van der Waals surface area (Å²) in [6, 6.07) is 6.20. The molecule has 1 aromatic carbocycles. The predicted octanol–water partition coefficient (Wildman–Crippen LogP) is 4.38. The van der Waals surface area contributed by atoms with Crippen molar-refractivity contribution in [1.29, 1.82) is 0 Å². The molecule has 0 saturated carbocycles. The molecular formula is C20H33NO2.